The molecule has 1 rings (SSSR count). The van der Waals surface area contributed by atoms with E-state index in [1.807, 2.05) is 0 Å². The van der Waals surface area contributed by atoms with Crippen LogP contribution in [0.4, 0.5) is 0 Å². The summed E-state index contributed by atoms with van der Waals surface area (Å²) in [6, 6.07) is 0.348. The maximum Gasteiger partial charge on any atom is 0.303 e. The Bertz CT molecular complexity index is 200. The van der Waals surface area contributed by atoms with Crippen LogP contribution in [0, 0.1) is 5.92 Å². The lowest BCUT2D eigenvalue weighted by atomic mass is 9.96. The molecule has 1 unspecified atom stereocenters. The molecule has 4 heteroatoms. The van der Waals surface area contributed by atoms with Crippen molar-refractivity contribution in [1.82, 2.24) is 4.90 Å². The van der Waals surface area contributed by atoms with Crippen molar-refractivity contribution < 1.29 is 15.0 Å². The molecule has 15 heavy (non-hydrogen) atoms. The zero-order valence-electron chi connectivity index (χ0n) is 9.35. The molecule has 4 nitrogen and oxygen atoms in total. The summed E-state index contributed by atoms with van der Waals surface area (Å²) in [5.41, 5.74) is 0. The quantitative estimate of drug-likeness (QED) is 0.716. The summed E-state index contributed by atoms with van der Waals surface area (Å²) in [6.07, 6.45) is 3.04. The molecule has 0 amide bonds. The summed E-state index contributed by atoms with van der Waals surface area (Å²) >= 11 is 0. The highest BCUT2D eigenvalue weighted by Gasteiger charge is 2.22. The van der Waals surface area contributed by atoms with Crippen LogP contribution in [0.1, 0.15) is 32.6 Å². The van der Waals surface area contributed by atoms with E-state index in [4.69, 9.17) is 10.2 Å². The minimum atomic E-state index is -0.716. The fourth-order valence-electron chi connectivity index (χ4n) is 2.09. The molecule has 0 bridgehead atoms. The molecule has 0 aromatic heterocycles. The van der Waals surface area contributed by atoms with Gasteiger partial charge in [0.15, 0.2) is 0 Å². The van der Waals surface area contributed by atoms with E-state index >= 15 is 0 Å². The van der Waals surface area contributed by atoms with E-state index in [2.05, 4.69) is 11.8 Å². The molecule has 0 radical (unpaired) electrons. The van der Waals surface area contributed by atoms with E-state index in [1.54, 1.807) is 0 Å². The highest BCUT2D eigenvalue weighted by atomic mass is 16.4. The summed E-state index contributed by atoms with van der Waals surface area (Å²) in [5.74, 6) is -0.264. The molecule has 0 aromatic rings. The number of hydrogen-bond acceptors (Lipinski definition) is 3. The number of rotatable bonds is 5. The predicted octanol–water partition coefficient (Wildman–Crippen LogP) is 0.944. The summed E-state index contributed by atoms with van der Waals surface area (Å²) in [4.78, 5) is 12.8. The second kappa shape index (κ2) is 6.08. The average Bonchev–Trinajstić information content (AvgIpc) is 2.26. The van der Waals surface area contributed by atoms with Crippen molar-refractivity contribution >= 4 is 5.97 Å². The lowest BCUT2D eigenvalue weighted by Gasteiger charge is -2.35. The van der Waals surface area contributed by atoms with Gasteiger partial charge < -0.3 is 15.1 Å². The minimum Gasteiger partial charge on any atom is -0.481 e. The smallest absolute Gasteiger partial charge is 0.303 e. The van der Waals surface area contributed by atoms with Crippen LogP contribution >= 0.6 is 0 Å². The van der Waals surface area contributed by atoms with E-state index in [9.17, 15) is 4.79 Å². The summed E-state index contributed by atoms with van der Waals surface area (Å²) in [6.45, 7) is 4.36. The van der Waals surface area contributed by atoms with Gasteiger partial charge in [0.05, 0.1) is 0 Å². The molecular formula is C11H21NO3. The van der Waals surface area contributed by atoms with Gasteiger partial charge in [-0.05, 0) is 45.2 Å². The number of nitrogens with zero attached hydrogens (tertiary/aromatic N) is 1. The van der Waals surface area contributed by atoms with Gasteiger partial charge in [0.25, 0.3) is 0 Å². The molecule has 1 atom stereocenters. The fraction of sp³-hybridized carbons (Fsp3) is 0.909. The number of piperidine rings is 1. The number of aliphatic hydroxyl groups is 1. The molecule has 1 aliphatic rings. The zero-order valence-corrected chi connectivity index (χ0v) is 9.35. The monoisotopic (exact) mass is 215 g/mol. The molecular weight excluding hydrogens is 194 g/mol. The third-order valence-corrected chi connectivity index (χ3v) is 3.31. The summed E-state index contributed by atoms with van der Waals surface area (Å²) in [7, 11) is 0. The van der Waals surface area contributed by atoms with Crippen LogP contribution in [-0.4, -0.2) is 46.8 Å². The van der Waals surface area contributed by atoms with Gasteiger partial charge in [-0.15, -0.1) is 0 Å². The van der Waals surface area contributed by atoms with Gasteiger partial charge in [-0.1, -0.05) is 0 Å². The molecule has 88 valence electrons. The summed E-state index contributed by atoms with van der Waals surface area (Å²) < 4.78 is 0. The maximum atomic E-state index is 10.4. The third-order valence-electron chi connectivity index (χ3n) is 3.31. The fourth-order valence-corrected chi connectivity index (χ4v) is 2.09. The molecule has 1 heterocycles. The first-order valence-corrected chi connectivity index (χ1v) is 5.70. The third kappa shape index (κ3) is 4.18. The highest BCUT2D eigenvalue weighted by molar-refractivity contribution is 5.66. The van der Waals surface area contributed by atoms with Crippen molar-refractivity contribution in [3.8, 4) is 0 Å². The van der Waals surface area contributed by atoms with E-state index < -0.39 is 5.97 Å². The minimum absolute atomic E-state index is 0.251. The lowest BCUT2D eigenvalue weighted by Crippen LogP contribution is -2.40. The zero-order chi connectivity index (χ0) is 11.3. The van der Waals surface area contributed by atoms with Gasteiger partial charge in [-0.25, -0.2) is 0 Å². The Balaban J connectivity index is 2.23. The Kier molecular flexibility index (Phi) is 5.05. The van der Waals surface area contributed by atoms with Crippen LogP contribution in [0.5, 0.6) is 0 Å². The number of hydrogen-bond donors (Lipinski definition) is 2. The van der Waals surface area contributed by atoms with Gasteiger partial charge in [0.1, 0.15) is 0 Å². The molecule has 0 aliphatic carbocycles. The van der Waals surface area contributed by atoms with Crippen molar-refractivity contribution in [2.24, 2.45) is 5.92 Å². The first-order chi connectivity index (χ1) is 7.13. The Morgan fingerprint density at radius 3 is 2.53 bits per heavy atom. The van der Waals surface area contributed by atoms with E-state index in [1.165, 1.54) is 0 Å². The molecule has 0 spiro atoms. The van der Waals surface area contributed by atoms with Crippen LogP contribution < -0.4 is 0 Å². The van der Waals surface area contributed by atoms with Gasteiger partial charge in [0, 0.05) is 19.1 Å². The van der Waals surface area contributed by atoms with Gasteiger partial charge in [0.2, 0.25) is 0 Å². The van der Waals surface area contributed by atoms with Crippen LogP contribution in [0.15, 0.2) is 0 Å². The Morgan fingerprint density at radius 1 is 1.47 bits per heavy atom. The topological polar surface area (TPSA) is 60.8 Å². The maximum absolute atomic E-state index is 10.4. The number of carboxylic acid groups (broad SMARTS) is 1. The van der Waals surface area contributed by atoms with Gasteiger partial charge >= 0.3 is 5.97 Å². The molecule has 1 fully saturated rings. The molecule has 1 aliphatic heterocycles. The Labute approximate surface area is 90.9 Å². The summed E-state index contributed by atoms with van der Waals surface area (Å²) in [5, 5.41) is 17.6. The normalized spacial score (nSPS) is 21.5. The van der Waals surface area contributed by atoms with Crippen molar-refractivity contribution in [2.75, 3.05) is 19.7 Å². The average molecular weight is 215 g/mol. The van der Waals surface area contributed by atoms with Crippen molar-refractivity contribution in [3.05, 3.63) is 0 Å². The Morgan fingerprint density at radius 2 is 2.07 bits per heavy atom. The highest BCUT2D eigenvalue weighted by Crippen LogP contribution is 2.19. The van der Waals surface area contributed by atoms with Crippen LogP contribution in [-0.2, 0) is 4.79 Å². The molecule has 2 N–H and O–H groups in total. The molecule has 1 saturated heterocycles. The predicted molar refractivity (Wildman–Crippen MR) is 57.7 cm³/mol. The second-order valence-corrected chi connectivity index (χ2v) is 4.44. The van der Waals surface area contributed by atoms with E-state index in [-0.39, 0.29) is 13.0 Å². The van der Waals surface area contributed by atoms with Crippen molar-refractivity contribution in [2.45, 2.75) is 38.6 Å². The standard InChI is InChI=1S/C11H21NO3/c1-9(2-3-11(14)15)12-6-4-10(8-13)5-7-12/h9-10,13H,2-8H2,1H3,(H,14,15). The molecule has 0 saturated carbocycles. The van der Waals surface area contributed by atoms with Crippen LogP contribution in [0.2, 0.25) is 0 Å². The van der Waals surface area contributed by atoms with Gasteiger partial charge in [-0.2, -0.15) is 0 Å². The van der Waals surface area contributed by atoms with Crippen LogP contribution in [0.3, 0.4) is 0 Å². The number of aliphatic hydroxyl groups excluding tert-OH is 1. The molecule has 0 aromatic carbocycles. The first kappa shape index (κ1) is 12.5. The van der Waals surface area contributed by atoms with Crippen molar-refractivity contribution in [1.29, 1.82) is 0 Å². The largest absolute Gasteiger partial charge is 0.481 e. The number of likely N-dealkylation sites (tertiary alicyclic amines) is 1. The van der Waals surface area contributed by atoms with Crippen LogP contribution in [0.25, 0.3) is 0 Å². The van der Waals surface area contributed by atoms with Crippen molar-refractivity contribution in [3.63, 3.8) is 0 Å². The lowest BCUT2D eigenvalue weighted by molar-refractivity contribution is -0.137. The number of carboxylic acids is 1. The second-order valence-electron chi connectivity index (χ2n) is 4.44. The van der Waals surface area contributed by atoms with Gasteiger partial charge in [-0.3, -0.25) is 4.79 Å². The SMILES string of the molecule is CC(CCC(=O)O)N1CCC(CO)CC1. The van der Waals surface area contributed by atoms with E-state index in [0.29, 0.717) is 12.0 Å². The number of aliphatic carboxylic acids is 1. The Hall–Kier alpha value is -0.610. The first-order valence-electron chi connectivity index (χ1n) is 5.70. The number of carbonyl (C=O) groups is 1. The van der Waals surface area contributed by atoms with E-state index in [0.717, 1.165) is 32.4 Å².